The maximum atomic E-state index is 12.6. The van der Waals surface area contributed by atoms with Crippen LogP contribution in [0, 0.1) is 0 Å². The van der Waals surface area contributed by atoms with Crippen molar-refractivity contribution in [3.8, 4) is 0 Å². The van der Waals surface area contributed by atoms with Crippen LogP contribution >= 0.6 is 0 Å². The van der Waals surface area contributed by atoms with Crippen LogP contribution in [0.25, 0.3) is 43.7 Å². The monoisotopic (exact) mass is 531 g/mol. The summed E-state index contributed by atoms with van der Waals surface area (Å²) in [5, 5.41) is 2.87. The molecule has 0 spiro atoms. The van der Waals surface area contributed by atoms with Crippen LogP contribution in [0.1, 0.15) is 67.2 Å². The lowest BCUT2D eigenvalue weighted by Gasteiger charge is -2.08. The first-order valence-corrected chi connectivity index (χ1v) is 13.2. The third-order valence-electron chi connectivity index (χ3n) is 6.80. The van der Waals surface area contributed by atoms with E-state index < -0.39 is 23.2 Å². The SMILES string of the molecule is CCCCCCn1c2cc3oc(=O)c(C(=O)OCC)cc3cc2c2cc3cc(C(=O)OCC)c(=O)oc3cc21. The number of esters is 2. The number of fused-ring (bicyclic) bond motifs is 5. The second-order valence-corrected chi connectivity index (χ2v) is 9.36. The van der Waals surface area contributed by atoms with Crippen molar-refractivity contribution in [2.45, 2.75) is 53.0 Å². The summed E-state index contributed by atoms with van der Waals surface area (Å²) in [4.78, 5) is 49.7. The number of carbonyl (C=O) groups excluding carboxylic acids is 2. The second-order valence-electron chi connectivity index (χ2n) is 9.36. The van der Waals surface area contributed by atoms with Gasteiger partial charge in [0.2, 0.25) is 0 Å². The first-order chi connectivity index (χ1) is 18.9. The van der Waals surface area contributed by atoms with Crippen LogP contribution in [0.4, 0.5) is 0 Å². The molecule has 0 aliphatic rings. The van der Waals surface area contributed by atoms with Gasteiger partial charge < -0.3 is 22.9 Å². The van der Waals surface area contributed by atoms with Gasteiger partial charge in [0.1, 0.15) is 22.3 Å². The number of benzene rings is 2. The Kier molecular flexibility index (Phi) is 7.24. The van der Waals surface area contributed by atoms with Gasteiger partial charge in [-0.3, -0.25) is 0 Å². The molecule has 0 atom stereocenters. The average molecular weight is 532 g/mol. The molecule has 9 heteroatoms. The van der Waals surface area contributed by atoms with Gasteiger partial charge in [0.05, 0.1) is 24.2 Å². The Morgan fingerprint density at radius 2 is 1.18 bits per heavy atom. The minimum absolute atomic E-state index is 0.137. The Labute approximate surface area is 222 Å². The number of aryl methyl sites for hydroxylation is 1. The molecular weight excluding hydrogens is 502 g/mol. The Hall–Kier alpha value is -4.40. The molecule has 0 bridgehead atoms. The molecule has 2 aromatic carbocycles. The molecule has 0 aliphatic carbocycles. The van der Waals surface area contributed by atoms with Gasteiger partial charge in [0, 0.05) is 40.2 Å². The predicted octanol–water partition coefficient (Wildman–Crippen LogP) is 5.94. The lowest BCUT2D eigenvalue weighted by atomic mass is 10.1. The first-order valence-electron chi connectivity index (χ1n) is 13.2. The Bertz CT molecular complexity index is 1730. The summed E-state index contributed by atoms with van der Waals surface area (Å²) in [6.45, 7) is 6.46. The van der Waals surface area contributed by atoms with Gasteiger partial charge in [0.25, 0.3) is 0 Å². The molecule has 3 heterocycles. The van der Waals surface area contributed by atoms with Gasteiger partial charge in [-0.25, -0.2) is 19.2 Å². The molecule has 0 aliphatic heterocycles. The van der Waals surface area contributed by atoms with Crippen molar-refractivity contribution in [2.75, 3.05) is 13.2 Å². The van der Waals surface area contributed by atoms with E-state index in [4.69, 9.17) is 18.3 Å². The van der Waals surface area contributed by atoms with E-state index in [-0.39, 0.29) is 24.3 Å². The molecule has 0 N–H and O–H groups in total. The Morgan fingerprint density at radius 1 is 0.692 bits per heavy atom. The lowest BCUT2D eigenvalue weighted by molar-refractivity contribution is 0.0512. The fourth-order valence-corrected chi connectivity index (χ4v) is 4.96. The smallest absolute Gasteiger partial charge is 0.351 e. The maximum Gasteiger partial charge on any atom is 0.351 e. The second kappa shape index (κ2) is 10.8. The molecule has 0 saturated heterocycles. The first kappa shape index (κ1) is 26.2. The van der Waals surface area contributed by atoms with E-state index in [1.165, 1.54) is 12.1 Å². The summed E-state index contributed by atoms with van der Waals surface area (Å²) in [6.07, 6.45) is 4.19. The highest BCUT2D eigenvalue weighted by Crippen LogP contribution is 2.35. The van der Waals surface area contributed by atoms with Crippen molar-refractivity contribution < 1.29 is 27.9 Å². The summed E-state index contributed by atoms with van der Waals surface area (Å²) < 4.78 is 23.2. The van der Waals surface area contributed by atoms with Gasteiger partial charge in [0.15, 0.2) is 0 Å². The van der Waals surface area contributed by atoms with Crippen LogP contribution in [-0.2, 0) is 16.0 Å². The lowest BCUT2D eigenvalue weighted by Crippen LogP contribution is -2.16. The third kappa shape index (κ3) is 4.80. The molecule has 5 aromatic rings. The average Bonchev–Trinajstić information content (AvgIpc) is 3.19. The number of nitrogens with zero attached hydrogens (tertiary/aromatic N) is 1. The summed E-state index contributed by atoms with van der Waals surface area (Å²) in [5.74, 6) is -1.47. The van der Waals surface area contributed by atoms with E-state index >= 15 is 0 Å². The molecular formula is C30H29NO8. The van der Waals surface area contributed by atoms with Crippen molar-refractivity contribution in [1.29, 1.82) is 0 Å². The zero-order chi connectivity index (χ0) is 27.7. The van der Waals surface area contributed by atoms with Crippen molar-refractivity contribution in [3.05, 3.63) is 68.4 Å². The number of unbranched alkanes of at least 4 members (excludes halogenated alkanes) is 3. The fraction of sp³-hybridized carbons (Fsp3) is 0.333. The summed E-state index contributed by atoms with van der Waals surface area (Å²) in [7, 11) is 0. The normalized spacial score (nSPS) is 11.6. The molecule has 5 rings (SSSR count). The van der Waals surface area contributed by atoms with Crippen LogP contribution < -0.4 is 11.3 Å². The molecule has 202 valence electrons. The maximum absolute atomic E-state index is 12.6. The van der Waals surface area contributed by atoms with Gasteiger partial charge in [-0.15, -0.1) is 0 Å². The third-order valence-corrected chi connectivity index (χ3v) is 6.80. The number of hydrogen-bond acceptors (Lipinski definition) is 8. The molecule has 39 heavy (non-hydrogen) atoms. The van der Waals surface area contributed by atoms with E-state index in [1.807, 2.05) is 12.1 Å². The van der Waals surface area contributed by atoms with Crippen LogP contribution in [0.3, 0.4) is 0 Å². The molecule has 9 nitrogen and oxygen atoms in total. The molecule has 0 saturated carbocycles. The molecule has 0 amide bonds. The zero-order valence-electron chi connectivity index (χ0n) is 22.1. The summed E-state index contributed by atoms with van der Waals surface area (Å²) in [5.41, 5.74) is 0.512. The van der Waals surface area contributed by atoms with Crippen LogP contribution in [0.15, 0.2) is 54.8 Å². The van der Waals surface area contributed by atoms with Gasteiger partial charge in [-0.05, 0) is 44.5 Å². The fourth-order valence-electron chi connectivity index (χ4n) is 4.96. The van der Waals surface area contributed by atoms with Crippen molar-refractivity contribution in [3.63, 3.8) is 0 Å². The Morgan fingerprint density at radius 3 is 1.62 bits per heavy atom. The van der Waals surface area contributed by atoms with Gasteiger partial charge in [-0.2, -0.15) is 0 Å². The highest BCUT2D eigenvalue weighted by Gasteiger charge is 2.20. The van der Waals surface area contributed by atoms with Gasteiger partial charge >= 0.3 is 23.2 Å². The number of hydrogen-bond donors (Lipinski definition) is 0. The number of rotatable bonds is 9. The van der Waals surface area contributed by atoms with Crippen LogP contribution in [-0.4, -0.2) is 29.7 Å². The van der Waals surface area contributed by atoms with Crippen molar-refractivity contribution >= 4 is 55.7 Å². The minimum Gasteiger partial charge on any atom is -0.462 e. The van der Waals surface area contributed by atoms with Crippen molar-refractivity contribution in [2.24, 2.45) is 0 Å². The van der Waals surface area contributed by atoms with E-state index in [0.717, 1.165) is 47.5 Å². The number of carbonyl (C=O) groups is 2. The highest BCUT2D eigenvalue weighted by molar-refractivity contribution is 6.15. The standard InChI is InChI=1S/C30H29NO8/c1-4-7-8-9-10-31-23-15-25-17(13-21(29(34)38-25)27(32)36-5-2)11-19(23)20-12-18-14-22(28(33)37-6-3)30(35)39-26(18)16-24(20)31/h11-16H,4-10H2,1-3H3. The van der Waals surface area contributed by atoms with E-state index in [1.54, 1.807) is 26.0 Å². The Balaban J connectivity index is 1.78. The summed E-state index contributed by atoms with van der Waals surface area (Å²) >= 11 is 0. The molecule has 3 aromatic heterocycles. The molecule has 0 fully saturated rings. The van der Waals surface area contributed by atoms with E-state index in [0.29, 0.717) is 28.5 Å². The van der Waals surface area contributed by atoms with Crippen LogP contribution in [0.2, 0.25) is 0 Å². The number of ether oxygens (including phenoxy) is 2. The largest absolute Gasteiger partial charge is 0.462 e. The topological polar surface area (TPSA) is 118 Å². The van der Waals surface area contributed by atoms with Gasteiger partial charge in [-0.1, -0.05) is 26.2 Å². The molecule has 0 radical (unpaired) electrons. The van der Waals surface area contributed by atoms with Crippen LogP contribution in [0.5, 0.6) is 0 Å². The molecule has 0 unspecified atom stereocenters. The van der Waals surface area contributed by atoms with Crippen molar-refractivity contribution in [1.82, 2.24) is 4.57 Å². The summed E-state index contributed by atoms with van der Waals surface area (Å²) in [6, 6.07) is 10.3. The van der Waals surface area contributed by atoms with E-state index in [2.05, 4.69) is 11.5 Å². The zero-order valence-corrected chi connectivity index (χ0v) is 22.1. The number of aromatic nitrogens is 1. The quantitative estimate of drug-likeness (QED) is 0.130. The predicted molar refractivity (Wildman–Crippen MR) is 148 cm³/mol. The van der Waals surface area contributed by atoms with E-state index in [9.17, 15) is 19.2 Å². The minimum atomic E-state index is -0.759. The highest BCUT2D eigenvalue weighted by atomic mass is 16.5.